The van der Waals surface area contributed by atoms with Crippen molar-refractivity contribution in [2.45, 2.75) is 39.0 Å². The highest BCUT2D eigenvalue weighted by molar-refractivity contribution is 6.28. The monoisotopic (exact) mass is 269 g/mol. The van der Waals surface area contributed by atoms with Gasteiger partial charge >= 0.3 is 0 Å². The molecule has 18 heavy (non-hydrogen) atoms. The first-order valence-corrected chi connectivity index (χ1v) is 6.88. The predicted molar refractivity (Wildman–Crippen MR) is 74.1 cm³/mol. The molecule has 0 aliphatic heterocycles. The average Bonchev–Trinajstić information content (AvgIpc) is 2.85. The Morgan fingerprint density at radius 3 is 2.44 bits per heavy atom. The van der Waals surface area contributed by atoms with Crippen molar-refractivity contribution in [1.29, 1.82) is 0 Å². The van der Waals surface area contributed by atoms with Crippen LogP contribution in [-0.2, 0) is 0 Å². The van der Waals surface area contributed by atoms with Gasteiger partial charge in [-0.25, -0.2) is 0 Å². The molecule has 1 aromatic heterocycles. The highest BCUT2D eigenvalue weighted by Gasteiger charge is 2.31. The van der Waals surface area contributed by atoms with Crippen LogP contribution in [0.5, 0.6) is 0 Å². The van der Waals surface area contributed by atoms with Gasteiger partial charge in [0.2, 0.25) is 17.2 Å². The normalized spacial score (nSPS) is 17.7. The molecule has 0 bridgehead atoms. The quantitative estimate of drug-likeness (QED) is 0.861. The van der Waals surface area contributed by atoms with E-state index in [0.717, 1.165) is 6.54 Å². The number of nitrogens with one attached hydrogen (secondary N) is 2. The summed E-state index contributed by atoms with van der Waals surface area (Å²) in [6.45, 7) is 3.17. The zero-order chi connectivity index (χ0) is 13.0. The Bertz CT molecular complexity index is 403. The van der Waals surface area contributed by atoms with Crippen molar-refractivity contribution < 1.29 is 0 Å². The number of aromatic nitrogens is 3. The van der Waals surface area contributed by atoms with E-state index >= 15 is 0 Å². The Hall–Kier alpha value is -1.10. The summed E-state index contributed by atoms with van der Waals surface area (Å²) >= 11 is 5.85. The molecule has 0 radical (unpaired) electrons. The van der Waals surface area contributed by atoms with Crippen LogP contribution < -0.4 is 10.6 Å². The second kappa shape index (κ2) is 5.69. The number of rotatable bonds is 5. The van der Waals surface area contributed by atoms with Crippen molar-refractivity contribution in [2.75, 3.05) is 24.2 Å². The molecule has 6 heteroatoms. The minimum Gasteiger partial charge on any atom is -0.357 e. The maximum Gasteiger partial charge on any atom is 0.228 e. The molecule has 0 atom stereocenters. The van der Waals surface area contributed by atoms with Gasteiger partial charge < -0.3 is 10.6 Å². The van der Waals surface area contributed by atoms with Gasteiger partial charge in [-0.05, 0) is 36.3 Å². The molecule has 100 valence electrons. The van der Waals surface area contributed by atoms with Gasteiger partial charge in [0.1, 0.15) is 0 Å². The van der Waals surface area contributed by atoms with Crippen LogP contribution in [0.1, 0.15) is 39.0 Å². The van der Waals surface area contributed by atoms with Gasteiger partial charge in [-0.15, -0.1) is 0 Å². The number of halogens is 1. The lowest BCUT2D eigenvalue weighted by Crippen LogP contribution is -2.26. The third-order valence-electron chi connectivity index (χ3n) is 3.87. The molecule has 1 saturated carbocycles. The van der Waals surface area contributed by atoms with Crippen LogP contribution in [0.3, 0.4) is 0 Å². The molecule has 2 rings (SSSR count). The average molecular weight is 270 g/mol. The predicted octanol–water partition coefficient (Wildman–Crippen LogP) is 2.95. The summed E-state index contributed by atoms with van der Waals surface area (Å²) in [7, 11) is 1.76. The highest BCUT2D eigenvalue weighted by atomic mass is 35.5. The fourth-order valence-electron chi connectivity index (χ4n) is 2.59. The van der Waals surface area contributed by atoms with Crippen molar-refractivity contribution in [3.05, 3.63) is 5.28 Å². The van der Waals surface area contributed by atoms with Crippen LogP contribution in [0.2, 0.25) is 5.28 Å². The summed E-state index contributed by atoms with van der Waals surface area (Å²) < 4.78 is 0. The summed E-state index contributed by atoms with van der Waals surface area (Å²) in [5.74, 6) is 1.05. The molecule has 1 aliphatic carbocycles. The SMILES string of the molecule is CCC1(CNc2nc(Cl)nc(NC)n2)CCCC1. The third kappa shape index (κ3) is 3.02. The van der Waals surface area contributed by atoms with Crippen LogP contribution in [0.15, 0.2) is 0 Å². The van der Waals surface area contributed by atoms with E-state index in [1.54, 1.807) is 7.05 Å². The number of anilines is 2. The largest absolute Gasteiger partial charge is 0.357 e. The van der Waals surface area contributed by atoms with Crippen LogP contribution in [0, 0.1) is 5.41 Å². The van der Waals surface area contributed by atoms with Gasteiger partial charge in [0.15, 0.2) is 0 Å². The van der Waals surface area contributed by atoms with Gasteiger partial charge in [-0.3, -0.25) is 0 Å². The molecule has 1 fully saturated rings. The van der Waals surface area contributed by atoms with E-state index < -0.39 is 0 Å². The number of hydrogen-bond donors (Lipinski definition) is 2. The fourth-order valence-corrected chi connectivity index (χ4v) is 2.75. The van der Waals surface area contributed by atoms with Gasteiger partial charge in [-0.2, -0.15) is 15.0 Å². The topological polar surface area (TPSA) is 62.7 Å². The Balaban J connectivity index is 2.03. The Morgan fingerprint density at radius 2 is 1.83 bits per heavy atom. The molecule has 0 aromatic carbocycles. The molecule has 1 aliphatic rings. The summed E-state index contributed by atoms with van der Waals surface area (Å²) in [5, 5.41) is 6.40. The van der Waals surface area contributed by atoms with Crippen molar-refractivity contribution in [2.24, 2.45) is 5.41 Å². The molecular weight excluding hydrogens is 250 g/mol. The second-order valence-electron chi connectivity index (χ2n) is 4.92. The maximum atomic E-state index is 5.85. The van der Waals surface area contributed by atoms with Gasteiger partial charge in [-0.1, -0.05) is 19.8 Å². The lowest BCUT2D eigenvalue weighted by atomic mass is 9.83. The first-order valence-electron chi connectivity index (χ1n) is 6.51. The molecule has 0 spiro atoms. The smallest absolute Gasteiger partial charge is 0.228 e. The molecule has 0 amide bonds. The maximum absolute atomic E-state index is 5.85. The summed E-state index contributed by atoms with van der Waals surface area (Å²) in [6.07, 6.45) is 6.42. The Kier molecular flexibility index (Phi) is 4.22. The van der Waals surface area contributed by atoms with Gasteiger partial charge in [0.05, 0.1) is 0 Å². The Labute approximate surface area is 113 Å². The van der Waals surface area contributed by atoms with Crippen LogP contribution >= 0.6 is 11.6 Å². The van der Waals surface area contributed by atoms with E-state index in [1.165, 1.54) is 32.1 Å². The zero-order valence-corrected chi connectivity index (χ0v) is 11.7. The highest BCUT2D eigenvalue weighted by Crippen LogP contribution is 2.40. The molecule has 2 N–H and O–H groups in total. The molecular formula is C12H20ClN5. The molecule has 0 saturated heterocycles. The zero-order valence-electron chi connectivity index (χ0n) is 11.0. The van der Waals surface area contributed by atoms with Gasteiger partial charge in [0.25, 0.3) is 0 Å². The minimum atomic E-state index is 0.217. The van der Waals surface area contributed by atoms with E-state index in [4.69, 9.17) is 11.6 Å². The van der Waals surface area contributed by atoms with Crippen molar-refractivity contribution in [3.8, 4) is 0 Å². The molecule has 5 nitrogen and oxygen atoms in total. The first-order chi connectivity index (χ1) is 8.67. The van der Waals surface area contributed by atoms with Crippen LogP contribution in [0.25, 0.3) is 0 Å². The molecule has 1 aromatic rings. The lowest BCUT2D eigenvalue weighted by Gasteiger charge is -2.27. The van der Waals surface area contributed by atoms with Crippen molar-refractivity contribution in [3.63, 3.8) is 0 Å². The summed E-state index contributed by atoms with van der Waals surface area (Å²) in [6, 6.07) is 0. The third-order valence-corrected chi connectivity index (χ3v) is 4.04. The number of nitrogens with zero attached hydrogens (tertiary/aromatic N) is 3. The summed E-state index contributed by atoms with van der Waals surface area (Å²) in [5.41, 5.74) is 0.402. The first kappa shape index (κ1) is 13.3. The number of hydrogen-bond acceptors (Lipinski definition) is 5. The second-order valence-corrected chi connectivity index (χ2v) is 5.25. The van der Waals surface area contributed by atoms with Crippen molar-refractivity contribution in [1.82, 2.24) is 15.0 Å². The fraction of sp³-hybridized carbons (Fsp3) is 0.750. The van der Waals surface area contributed by atoms with Crippen molar-refractivity contribution >= 4 is 23.5 Å². The molecule has 1 heterocycles. The van der Waals surface area contributed by atoms with Gasteiger partial charge in [0, 0.05) is 13.6 Å². The van der Waals surface area contributed by atoms with Crippen LogP contribution in [0.4, 0.5) is 11.9 Å². The van der Waals surface area contributed by atoms with E-state index in [9.17, 15) is 0 Å². The molecule has 0 unspecified atom stereocenters. The minimum absolute atomic E-state index is 0.217. The Morgan fingerprint density at radius 1 is 1.17 bits per heavy atom. The van der Waals surface area contributed by atoms with E-state index in [0.29, 0.717) is 17.3 Å². The van der Waals surface area contributed by atoms with E-state index in [-0.39, 0.29) is 5.28 Å². The van der Waals surface area contributed by atoms with Crippen LogP contribution in [-0.4, -0.2) is 28.5 Å². The van der Waals surface area contributed by atoms with E-state index in [2.05, 4.69) is 32.5 Å². The summed E-state index contributed by atoms with van der Waals surface area (Å²) in [4.78, 5) is 12.3. The lowest BCUT2D eigenvalue weighted by molar-refractivity contribution is 0.306. The van der Waals surface area contributed by atoms with E-state index in [1.807, 2.05) is 0 Å². The standard InChI is InChI=1S/C12H20ClN5/c1-3-12(6-4-5-7-12)8-15-11-17-9(13)16-10(14-2)18-11/h3-8H2,1-2H3,(H2,14,15,16,17,18).